The molecule has 11 heteroatoms. The zero-order valence-electron chi connectivity index (χ0n) is 18.5. The second-order valence-electron chi connectivity index (χ2n) is 7.81. The molecule has 1 aliphatic rings. The summed E-state index contributed by atoms with van der Waals surface area (Å²) in [6.45, 7) is 3.13. The van der Waals surface area contributed by atoms with Gasteiger partial charge in [0.2, 0.25) is 5.88 Å². The Labute approximate surface area is 199 Å². The molecular formula is C23H24N6O4S. The molecule has 0 aliphatic carbocycles. The summed E-state index contributed by atoms with van der Waals surface area (Å²) in [4.78, 5) is 24.0. The highest BCUT2D eigenvalue weighted by Gasteiger charge is 2.20. The number of benzene rings is 1. The predicted octanol–water partition coefficient (Wildman–Crippen LogP) is 2.35. The molecule has 1 amide bonds. The van der Waals surface area contributed by atoms with Gasteiger partial charge < -0.3 is 30.5 Å². The van der Waals surface area contributed by atoms with E-state index in [1.165, 1.54) is 23.0 Å². The summed E-state index contributed by atoms with van der Waals surface area (Å²) in [6.07, 6.45) is 3.43. The number of nitrogens with zero attached hydrogens (tertiary/aromatic N) is 4. The molecule has 4 aromatic rings. The normalized spacial score (nSPS) is 13.9. The van der Waals surface area contributed by atoms with Gasteiger partial charge in [0, 0.05) is 60.3 Å². The number of aromatic nitrogens is 3. The van der Waals surface area contributed by atoms with E-state index in [1.807, 2.05) is 6.07 Å². The summed E-state index contributed by atoms with van der Waals surface area (Å²) in [5.41, 5.74) is 1.43. The molecule has 0 unspecified atom stereocenters. The lowest BCUT2D eigenvalue weighted by Crippen LogP contribution is -2.44. The molecule has 0 radical (unpaired) electrons. The van der Waals surface area contributed by atoms with Gasteiger partial charge in [0.05, 0.1) is 19.4 Å². The maximum absolute atomic E-state index is 13.0. The molecule has 1 fully saturated rings. The minimum atomic E-state index is -0.354. The van der Waals surface area contributed by atoms with E-state index in [4.69, 9.17) is 4.74 Å². The zero-order chi connectivity index (χ0) is 23.7. The van der Waals surface area contributed by atoms with Crippen molar-refractivity contribution in [3.05, 3.63) is 53.3 Å². The van der Waals surface area contributed by atoms with E-state index in [1.54, 1.807) is 36.0 Å². The number of aliphatic hydroxyl groups excluding tert-OH is 1. The Morgan fingerprint density at radius 3 is 2.91 bits per heavy atom. The quantitative estimate of drug-likeness (QED) is 0.332. The van der Waals surface area contributed by atoms with Crippen LogP contribution >= 0.6 is 11.3 Å². The summed E-state index contributed by atoms with van der Waals surface area (Å²) >= 11 is 1.24. The van der Waals surface area contributed by atoms with E-state index < -0.39 is 0 Å². The molecule has 4 heterocycles. The van der Waals surface area contributed by atoms with Gasteiger partial charge >= 0.3 is 0 Å². The Kier molecular flexibility index (Phi) is 6.05. The van der Waals surface area contributed by atoms with E-state index in [0.29, 0.717) is 27.5 Å². The number of hydrogen-bond donors (Lipinski definition) is 4. The fourth-order valence-corrected chi connectivity index (χ4v) is 4.80. The molecule has 0 saturated carbocycles. The minimum absolute atomic E-state index is 0.0260. The van der Waals surface area contributed by atoms with Crippen molar-refractivity contribution in [3.8, 4) is 16.8 Å². The third-order valence-corrected chi connectivity index (χ3v) is 6.58. The molecule has 0 atom stereocenters. The molecule has 34 heavy (non-hydrogen) atoms. The van der Waals surface area contributed by atoms with Crippen LogP contribution in [0.3, 0.4) is 0 Å². The number of pyridine rings is 1. The number of amides is 1. The van der Waals surface area contributed by atoms with Crippen molar-refractivity contribution in [2.24, 2.45) is 0 Å². The number of carbonyl (C=O) groups excluding carboxylic acids is 1. The number of hydrogen-bond acceptors (Lipinski definition) is 9. The molecule has 4 N–H and O–H groups in total. The van der Waals surface area contributed by atoms with Crippen molar-refractivity contribution in [3.63, 3.8) is 0 Å². The van der Waals surface area contributed by atoms with Gasteiger partial charge in [0.25, 0.3) is 5.91 Å². The van der Waals surface area contributed by atoms with Crippen molar-refractivity contribution in [2.45, 2.75) is 6.61 Å². The summed E-state index contributed by atoms with van der Waals surface area (Å²) in [6, 6.07) is 7.04. The summed E-state index contributed by atoms with van der Waals surface area (Å²) < 4.78 is 6.83. The van der Waals surface area contributed by atoms with Crippen molar-refractivity contribution < 1.29 is 19.7 Å². The maximum Gasteiger partial charge on any atom is 0.275 e. The molecule has 10 nitrogen and oxygen atoms in total. The number of fused-ring (bicyclic) bond motifs is 1. The summed E-state index contributed by atoms with van der Waals surface area (Å²) in [5, 5.41) is 30.0. The lowest BCUT2D eigenvalue weighted by molar-refractivity contribution is 0.102. The van der Waals surface area contributed by atoms with Crippen LogP contribution in [0.1, 0.15) is 16.1 Å². The Morgan fingerprint density at radius 2 is 2.15 bits per heavy atom. The smallest absolute Gasteiger partial charge is 0.275 e. The molecule has 5 rings (SSSR count). The minimum Gasteiger partial charge on any atom is -0.496 e. The molecule has 0 bridgehead atoms. The standard InChI is InChI=1S/C23H24N6O4S/c1-33-19-10-14-11-29(22(32)16(14)9-15(19)12-30)23-27-18(13-34-23)21(31)26-17-3-2-4-25-20(17)28-7-5-24-6-8-28/h2-4,9-11,13,24,30,32H,5-8,12H2,1H3,(H,26,31). The van der Waals surface area contributed by atoms with Gasteiger partial charge in [-0.05, 0) is 24.3 Å². The van der Waals surface area contributed by atoms with Crippen LogP contribution in [0.5, 0.6) is 11.6 Å². The average Bonchev–Trinajstić information content (AvgIpc) is 3.49. The van der Waals surface area contributed by atoms with Gasteiger partial charge in [0.1, 0.15) is 11.4 Å². The monoisotopic (exact) mass is 480 g/mol. The SMILES string of the molecule is COc1cc2cn(-c3nc(C(=O)Nc4cccnc4N4CCNCC4)cs3)c(O)c2cc1CO. The van der Waals surface area contributed by atoms with Gasteiger partial charge in [-0.1, -0.05) is 0 Å². The second kappa shape index (κ2) is 9.29. The number of anilines is 2. The number of carbonyl (C=O) groups is 1. The number of nitrogens with one attached hydrogen (secondary N) is 2. The molecule has 1 aliphatic heterocycles. The number of piperazine rings is 1. The van der Waals surface area contributed by atoms with Gasteiger partial charge in [-0.2, -0.15) is 0 Å². The van der Waals surface area contributed by atoms with Gasteiger partial charge in [-0.3, -0.25) is 9.36 Å². The molecule has 1 aromatic carbocycles. The molecule has 1 saturated heterocycles. The Balaban J connectivity index is 1.41. The van der Waals surface area contributed by atoms with Crippen LogP contribution in [-0.2, 0) is 6.61 Å². The Hall–Kier alpha value is -3.67. The number of aliphatic hydroxyl groups is 1. The maximum atomic E-state index is 13.0. The van der Waals surface area contributed by atoms with Crippen LogP contribution in [0.4, 0.5) is 11.5 Å². The average molecular weight is 481 g/mol. The van der Waals surface area contributed by atoms with Gasteiger partial charge in [0.15, 0.2) is 10.9 Å². The van der Waals surface area contributed by atoms with Crippen molar-refractivity contribution >= 4 is 39.5 Å². The molecular weight excluding hydrogens is 456 g/mol. The highest BCUT2D eigenvalue weighted by atomic mass is 32.1. The van der Waals surface area contributed by atoms with Crippen LogP contribution in [0.15, 0.2) is 42.0 Å². The number of aromatic hydroxyl groups is 1. The highest BCUT2D eigenvalue weighted by Crippen LogP contribution is 2.35. The fourth-order valence-electron chi connectivity index (χ4n) is 4.02. The molecule has 0 spiro atoms. The third-order valence-electron chi connectivity index (χ3n) is 5.74. The van der Waals surface area contributed by atoms with Crippen LogP contribution in [0.25, 0.3) is 15.9 Å². The Bertz CT molecular complexity index is 1340. The number of rotatable bonds is 6. The highest BCUT2D eigenvalue weighted by molar-refractivity contribution is 7.12. The van der Waals surface area contributed by atoms with Crippen LogP contribution < -0.4 is 20.3 Å². The number of ether oxygens (including phenoxy) is 1. The lowest BCUT2D eigenvalue weighted by atomic mass is 10.1. The van der Waals surface area contributed by atoms with Crippen molar-refractivity contribution in [1.82, 2.24) is 19.9 Å². The van der Waals surface area contributed by atoms with E-state index in [2.05, 4.69) is 25.5 Å². The van der Waals surface area contributed by atoms with E-state index in [0.717, 1.165) is 37.4 Å². The number of thiazole rings is 1. The first-order valence-corrected chi connectivity index (χ1v) is 11.7. The Morgan fingerprint density at radius 1 is 1.32 bits per heavy atom. The number of methoxy groups -OCH3 is 1. The largest absolute Gasteiger partial charge is 0.496 e. The van der Waals surface area contributed by atoms with Crippen molar-refractivity contribution in [2.75, 3.05) is 43.5 Å². The van der Waals surface area contributed by atoms with Crippen LogP contribution in [0, 0.1) is 0 Å². The lowest BCUT2D eigenvalue weighted by Gasteiger charge is -2.29. The topological polar surface area (TPSA) is 125 Å². The second-order valence-corrected chi connectivity index (χ2v) is 8.65. The van der Waals surface area contributed by atoms with E-state index in [9.17, 15) is 15.0 Å². The van der Waals surface area contributed by atoms with Gasteiger partial charge in [-0.25, -0.2) is 9.97 Å². The third kappa shape index (κ3) is 4.04. The first kappa shape index (κ1) is 22.1. The van der Waals surface area contributed by atoms with Crippen LogP contribution in [0.2, 0.25) is 0 Å². The summed E-state index contributed by atoms with van der Waals surface area (Å²) in [5.74, 6) is 0.882. The molecule has 176 valence electrons. The zero-order valence-corrected chi connectivity index (χ0v) is 19.3. The van der Waals surface area contributed by atoms with E-state index >= 15 is 0 Å². The first-order valence-electron chi connectivity index (χ1n) is 10.8. The fraction of sp³-hybridized carbons (Fsp3) is 0.261. The first-order chi connectivity index (χ1) is 16.6. The predicted molar refractivity (Wildman–Crippen MR) is 130 cm³/mol. The van der Waals surface area contributed by atoms with E-state index in [-0.39, 0.29) is 24.1 Å². The summed E-state index contributed by atoms with van der Waals surface area (Å²) in [7, 11) is 1.53. The van der Waals surface area contributed by atoms with Gasteiger partial charge in [-0.15, -0.1) is 11.3 Å². The van der Waals surface area contributed by atoms with Crippen LogP contribution in [-0.4, -0.2) is 63.9 Å². The molecule has 3 aromatic heterocycles. The van der Waals surface area contributed by atoms with Crippen molar-refractivity contribution in [1.29, 1.82) is 0 Å².